The molecule has 6 heteroatoms. The van der Waals surface area contributed by atoms with Crippen LogP contribution in [-0.4, -0.2) is 40.6 Å². The van der Waals surface area contributed by atoms with Gasteiger partial charge >= 0.3 is 0 Å². The van der Waals surface area contributed by atoms with Crippen LogP contribution in [0.2, 0.25) is 0 Å². The van der Waals surface area contributed by atoms with Crippen LogP contribution >= 0.6 is 0 Å². The van der Waals surface area contributed by atoms with E-state index in [-0.39, 0.29) is 18.6 Å². The second-order valence-electron chi connectivity index (χ2n) is 4.62. The van der Waals surface area contributed by atoms with Crippen molar-refractivity contribution in [2.45, 2.75) is 12.7 Å². The maximum absolute atomic E-state index is 11.0. The van der Waals surface area contributed by atoms with Crippen LogP contribution in [0.25, 0.3) is 0 Å². The lowest BCUT2D eigenvalue weighted by molar-refractivity contribution is 0.0576. The number of hydrogen-bond acceptors (Lipinski definition) is 5. The monoisotopic (exact) mass is 286 g/mol. The molecule has 0 aromatic heterocycles. The quantitative estimate of drug-likeness (QED) is 0.530. The van der Waals surface area contributed by atoms with E-state index in [1.807, 2.05) is 30.3 Å². The molecule has 0 aliphatic carbocycles. The molecular weight excluding hydrogens is 268 g/mol. The minimum atomic E-state index is -3.41. The molecule has 0 spiro atoms. The van der Waals surface area contributed by atoms with Crippen molar-refractivity contribution in [1.82, 2.24) is 0 Å². The Hall–Kier alpha value is -0.950. The smallest absolute Gasteiger partial charge is 0.264 e. The first-order chi connectivity index (χ1) is 9.04. The normalized spacial score (nSPS) is 20.2. The Balaban J connectivity index is 1.75. The van der Waals surface area contributed by atoms with Crippen molar-refractivity contribution in [2.75, 3.05) is 26.1 Å². The van der Waals surface area contributed by atoms with Gasteiger partial charge in [0.1, 0.15) is 0 Å². The lowest BCUT2D eigenvalue weighted by atomic mass is 10.1. The molecule has 1 heterocycles. The number of hydrogen-bond donors (Lipinski definition) is 0. The molecule has 2 atom stereocenters. The third-order valence-corrected chi connectivity index (χ3v) is 3.39. The fourth-order valence-electron chi connectivity index (χ4n) is 1.70. The summed E-state index contributed by atoms with van der Waals surface area (Å²) < 4.78 is 37.5. The van der Waals surface area contributed by atoms with Crippen LogP contribution in [0.5, 0.6) is 0 Å². The van der Waals surface area contributed by atoms with E-state index in [1.165, 1.54) is 0 Å². The highest BCUT2D eigenvalue weighted by Crippen LogP contribution is 2.22. The zero-order valence-corrected chi connectivity index (χ0v) is 11.6. The molecule has 1 aromatic carbocycles. The van der Waals surface area contributed by atoms with Gasteiger partial charge in [0.2, 0.25) is 0 Å². The first-order valence-corrected chi connectivity index (χ1v) is 7.94. The Bertz CT molecular complexity index is 481. The molecule has 106 valence electrons. The fraction of sp³-hybridized carbons (Fsp3) is 0.538. The van der Waals surface area contributed by atoms with E-state index in [0.717, 1.165) is 11.8 Å². The minimum Gasteiger partial charge on any atom is -0.376 e. The molecule has 19 heavy (non-hydrogen) atoms. The van der Waals surface area contributed by atoms with Crippen LogP contribution in [0.1, 0.15) is 5.56 Å². The molecule has 0 saturated carbocycles. The zero-order chi connectivity index (χ0) is 13.7. The predicted molar refractivity (Wildman–Crippen MR) is 70.1 cm³/mol. The Morgan fingerprint density at radius 1 is 1.32 bits per heavy atom. The molecule has 1 saturated heterocycles. The lowest BCUT2D eigenvalue weighted by Gasteiger charge is -2.14. The third-order valence-electron chi connectivity index (χ3n) is 2.82. The first kappa shape index (κ1) is 14.5. The third kappa shape index (κ3) is 5.69. The standard InChI is InChI=1S/C13H18O5S/c1-19(14,15)18-9-12(13-10-17-13)8-16-7-11-5-3-2-4-6-11/h2-6,12-13H,7-10H2,1H3/t12-,13-/m0/s1. The van der Waals surface area contributed by atoms with Gasteiger partial charge in [0.15, 0.2) is 0 Å². The highest BCUT2D eigenvalue weighted by molar-refractivity contribution is 7.85. The lowest BCUT2D eigenvalue weighted by Crippen LogP contribution is -2.23. The van der Waals surface area contributed by atoms with E-state index >= 15 is 0 Å². The summed E-state index contributed by atoms with van der Waals surface area (Å²) >= 11 is 0. The van der Waals surface area contributed by atoms with E-state index < -0.39 is 10.1 Å². The van der Waals surface area contributed by atoms with Gasteiger partial charge in [-0.2, -0.15) is 8.42 Å². The number of epoxide rings is 1. The Morgan fingerprint density at radius 2 is 2.00 bits per heavy atom. The molecule has 0 amide bonds. The zero-order valence-electron chi connectivity index (χ0n) is 10.8. The summed E-state index contributed by atoms with van der Waals surface area (Å²) in [5, 5.41) is 0. The fourth-order valence-corrected chi connectivity index (χ4v) is 2.13. The SMILES string of the molecule is CS(=O)(=O)OC[C@H](COCc1ccccc1)[C@@H]1CO1. The summed E-state index contributed by atoms with van der Waals surface area (Å²) in [7, 11) is -3.41. The van der Waals surface area contributed by atoms with Crippen molar-refractivity contribution in [3.8, 4) is 0 Å². The molecule has 1 aliphatic rings. The van der Waals surface area contributed by atoms with Gasteiger partial charge in [0.25, 0.3) is 10.1 Å². The van der Waals surface area contributed by atoms with Crippen LogP contribution in [0.4, 0.5) is 0 Å². The Kier molecular flexibility index (Phi) is 4.93. The van der Waals surface area contributed by atoms with Gasteiger partial charge in [-0.3, -0.25) is 4.18 Å². The summed E-state index contributed by atoms with van der Waals surface area (Å²) in [5.41, 5.74) is 1.09. The van der Waals surface area contributed by atoms with Crippen molar-refractivity contribution < 1.29 is 22.1 Å². The van der Waals surface area contributed by atoms with E-state index in [4.69, 9.17) is 13.7 Å². The summed E-state index contributed by atoms with van der Waals surface area (Å²) in [4.78, 5) is 0. The van der Waals surface area contributed by atoms with Crippen LogP contribution in [-0.2, 0) is 30.4 Å². The van der Waals surface area contributed by atoms with E-state index in [2.05, 4.69) is 0 Å². The summed E-state index contributed by atoms with van der Waals surface area (Å²) in [5.74, 6) is -0.0431. The van der Waals surface area contributed by atoms with E-state index in [0.29, 0.717) is 19.8 Å². The molecule has 0 bridgehead atoms. The summed E-state index contributed by atoms with van der Waals surface area (Å²) in [6.07, 6.45) is 1.10. The van der Waals surface area contributed by atoms with Crippen LogP contribution < -0.4 is 0 Å². The van der Waals surface area contributed by atoms with Crippen molar-refractivity contribution in [2.24, 2.45) is 5.92 Å². The molecule has 1 fully saturated rings. The van der Waals surface area contributed by atoms with Crippen molar-refractivity contribution in [3.05, 3.63) is 35.9 Å². The largest absolute Gasteiger partial charge is 0.376 e. The van der Waals surface area contributed by atoms with Gasteiger partial charge in [0.05, 0.1) is 38.8 Å². The van der Waals surface area contributed by atoms with E-state index in [9.17, 15) is 8.42 Å². The number of ether oxygens (including phenoxy) is 2. The topological polar surface area (TPSA) is 65.1 Å². The average molecular weight is 286 g/mol. The van der Waals surface area contributed by atoms with Gasteiger partial charge < -0.3 is 9.47 Å². The molecule has 2 rings (SSSR count). The Labute approximate surface area is 113 Å². The average Bonchev–Trinajstić information content (AvgIpc) is 3.18. The predicted octanol–water partition coefficient (Wildman–Crippen LogP) is 1.19. The highest BCUT2D eigenvalue weighted by Gasteiger charge is 2.33. The van der Waals surface area contributed by atoms with E-state index in [1.54, 1.807) is 0 Å². The van der Waals surface area contributed by atoms with Gasteiger partial charge in [-0.05, 0) is 5.56 Å². The van der Waals surface area contributed by atoms with Gasteiger partial charge in [-0.25, -0.2) is 0 Å². The second-order valence-corrected chi connectivity index (χ2v) is 6.27. The Morgan fingerprint density at radius 3 is 2.58 bits per heavy atom. The van der Waals surface area contributed by atoms with Crippen molar-refractivity contribution >= 4 is 10.1 Å². The molecule has 1 aliphatic heterocycles. The van der Waals surface area contributed by atoms with Gasteiger partial charge in [0, 0.05) is 5.92 Å². The highest BCUT2D eigenvalue weighted by atomic mass is 32.2. The van der Waals surface area contributed by atoms with Gasteiger partial charge in [-0.1, -0.05) is 30.3 Å². The number of rotatable bonds is 8. The summed E-state index contributed by atoms with van der Waals surface area (Å²) in [6, 6.07) is 9.81. The second kappa shape index (κ2) is 6.47. The maximum Gasteiger partial charge on any atom is 0.264 e. The van der Waals surface area contributed by atoms with Crippen LogP contribution in [0.3, 0.4) is 0 Å². The molecule has 5 nitrogen and oxygen atoms in total. The molecule has 0 N–H and O–H groups in total. The number of benzene rings is 1. The van der Waals surface area contributed by atoms with Gasteiger partial charge in [-0.15, -0.1) is 0 Å². The molecule has 0 radical (unpaired) electrons. The molecule has 1 aromatic rings. The van der Waals surface area contributed by atoms with Crippen LogP contribution in [0.15, 0.2) is 30.3 Å². The molecule has 0 unspecified atom stereocenters. The van der Waals surface area contributed by atoms with Crippen LogP contribution in [0, 0.1) is 5.92 Å². The minimum absolute atomic E-state index is 0.0431. The summed E-state index contributed by atoms with van der Waals surface area (Å²) in [6.45, 7) is 1.68. The maximum atomic E-state index is 11.0. The van der Waals surface area contributed by atoms with Crippen molar-refractivity contribution in [1.29, 1.82) is 0 Å². The molecular formula is C13H18O5S. The van der Waals surface area contributed by atoms with Crippen molar-refractivity contribution in [3.63, 3.8) is 0 Å². The first-order valence-electron chi connectivity index (χ1n) is 6.12.